The number of ether oxygens (including phenoxy) is 6. The second-order valence-electron chi connectivity index (χ2n) is 24.5. The molecule has 0 unspecified atom stereocenters. The van der Waals surface area contributed by atoms with Crippen LogP contribution in [0.4, 0.5) is 19.2 Å². The Labute approximate surface area is 477 Å². The van der Waals surface area contributed by atoms with Crippen molar-refractivity contribution in [3.05, 3.63) is 70.1 Å². The molecule has 0 saturated carbocycles. The molecular formula is C62H99N5O13. The van der Waals surface area contributed by atoms with E-state index in [-0.39, 0.29) is 30.4 Å². The van der Waals surface area contributed by atoms with Crippen LogP contribution in [0.3, 0.4) is 0 Å². The molecule has 450 valence electrons. The number of fused-ring (bicyclic) bond motifs is 1. The van der Waals surface area contributed by atoms with Crippen molar-refractivity contribution < 1.29 is 56.8 Å². The topological polar surface area (TPSA) is 196 Å². The molecule has 0 spiro atoms. The number of carbonyl (C=O) groups excluding carboxylic acids is 5. The minimum absolute atomic E-state index is 0.105. The number of unbranched alkanes of at least 4 members (excludes halogenated alkanes) is 11. The maximum atomic E-state index is 13.3. The van der Waals surface area contributed by atoms with Crippen molar-refractivity contribution in [1.82, 2.24) is 24.9 Å². The second-order valence-corrected chi connectivity index (χ2v) is 24.5. The van der Waals surface area contributed by atoms with E-state index in [1.807, 2.05) is 117 Å². The zero-order chi connectivity index (χ0) is 59.5. The summed E-state index contributed by atoms with van der Waals surface area (Å²) in [7, 11) is 3.14. The number of nitrogens with one attached hydrogen (secondary N) is 1. The smallest absolute Gasteiger partial charge is 0.410 e. The van der Waals surface area contributed by atoms with Crippen LogP contribution in [0.1, 0.15) is 195 Å². The predicted molar refractivity (Wildman–Crippen MR) is 314 cm³/mol. The number of methoxy groups -OCH3 is 2. The van der Waals surface area contributed by atoms with E-state index < -0.39 is 40.0 Å². The Morgan fingerprint density at radius 3 is 1.24 bits per heavy atom. The number of nitrogens with zero attached hydrogens (tertiary/aromatic N) is 4. The molecule has 0 bridgehead atoms. The van der Waals surface area contributed by atoms with Crippen LogP contribution in [0.2, 0.25) is 0 Å². The molecular weight excluding hydrogens is 1020 g/mol. The van der Waals surface area contributed by atoms with E-state index in [4.69, 9.17) is 32.8 Å². The van der Waals surface area contributed by atoms with Crippen LogP contribution < -0.4 is 20.4 Å². The van der Waals surface area contributed by atoms with Gasteiger partial charge in [0.15, 0.2) is 0 Å². The maximum absolute atomic E-state index is 13.3. The number of hydrogen-bond donors (Lipinski definition) is 1. The van der Waals surface area contributed by atoms with Gasteiger partial charge in [-0.05, 0) is 152 Å². The minimum Gasteiger partial charge on any atom is -0.497 e. The van der Waals surface area contributed by atoms with Gasteiger partial charge in [-0.25, -0.2) is 24.0 Å². The van der Waals surface area contributed by atoms with Gasteiger partial charge in [-0.3, -0.25) is 4.79 Å². The molecule has 18 heteroatoms. The van der Waals surface area contributed by atoms with E-state index in [9.17, 15) is 28.8 Å². The van der Waals surface area contributed by atoms with Gasteiger partial charge in [0.05, 0.1) is 20.8 Å². The van der Waals surface area contributed by atoms with Crippen molar-refractivity contribution in [1.29, 1.82) is 0 Å². The number of carbonyl (C=O) groups is 5. The van der Waals surface area contributed by atoms with E-state index >= 15 is 0 Å². The number of benzene rings is 2. The van der Waals surface area contributed by atoms with Crippen molar-refractivity contribution in [2.45, 2.75) is 208 Å². The third-order valence-corrected chi connectivity index (χ3v) is 12.6. The van der Waals surface area contributed by atoms with E-state index in [1.54, 1.807) is 35.1 Å². The van der Waals surface area contributed by atoms with Crippen molar-refractivity contribution in [2.75, 3.05) is 66.6 Å². The first-order chi connectivity index (χ1) is 37.6. The lowest BCUT2D eigenvalue weighted by molar-refractivity contribution is 0.0217. The molecule has 0 fully saturated rings. The molecule has 3 aromatic rings. The molecule has 0 atom stereocenters. The number of hydrogen-bond acceptors (Lipinski definition) is 13. The number of rotatable bonds is 32. The molecule has 3 rings (SSSR count). The van der Waals surface area contributed by atoms with E-state index in [0.29, 0.717) is 75.5 Å². The van der Waals surface area contributed by atoms with E-state index in [0.717, 1.165) is 101 Å². The van der Waals surface area contributed by atoms with Gasteiger partial charge in [0, 0.05) is 69.4 Å². The van der Waals surface area contributed by atoms with Gasteiger partial charge in [0.25, 0.3) is 5.91 Å². The van der Waals surface area contributed by atoms with Gasteiger partial charge >= 0.3 is 30.0 Å². The third kappa shape index (κ3) is 27.8. The summed E-state index contributed by atoms with van der Waals surface area (Å²) >= 11 is 0. The summed E-state index contributed by atoms with van der Waals surface area (Å²) in [6.07, 6.45) is 11.2. The van der Waals surface area contributed by atoms with Crippen LogP contribution in [-0.4, -0.2) is 139 Å². The summed E-state index contributed by atoms with van der Waals surface area (Å²) in [5.74, 6) is 0.701. The third-order valence-electron chi connectivity index (χ3n) is 12.6. The molecule has 0 aliphatic heterocycles. The molecule has 1 N–H and O–H groups in total. The van der Waals surface area contributed by atoms with Crippen LogP contribution >= 0.6 is 0 Å². The number of amides is 5. The average molecular weight is 1120 g/mol. The molecule has 1 aromatic heterocycles. The molecule has 0 radical (unpaired) electrons. The largest absolute Gasteiger partial charge is 0.497 e. The standard InChI is InChI=1S/C62H99N5O13/c1-59(2,3)77-55(70)64(39-27-19-20-29-41-66(57(72)79-61(7,8)9)43-31-36-63-53(68)50-44-47-34-35-49(74-13)45-52(47)76-54(50)69)37-25-17-15-16-18-26-38-65(56(71)78-60(4,5)6)40-28-21-22-30-42-67(58(73)80-62(10,11)12)46-48-32-23-24-33-51(48)75-14/h23-24,32-35,44-45H,15-22,25-31,36-43,46H2,1-14H3,(H,63,68). The van der Waals surface area contributed by atoms with Crippen molar-refractivity contribution in [3.63, 3.8) is 0 Å². The van der Waals surface area contributed by atoms with Crippen LogP contribution in [-0.2, 0) is 25.5 Å². The van der Waals surface area contributed by atoms with Crippen LogP contribution in [0.5, 0.6) is 11.5 Å². The number of para-hydroxylation sites is 1. The van der Waals surface area contributed by atoms with Crippen molar-refractivity contribution in [3.8, 4) is 11.5 Å². The summed E-state index contributed by atoms with van der Waals surface area (Å²) in [4.78, 5) is 85.7. The average Bonchev–Trinajstić information content (AvgIpc) is 3.36. The highest BCUT2D eigenvalue weighted by molar-refractivity contribution is 5.96. The normalized spacial score (nSPS) is 11.9. The van der Waals surface area contributed by atoms with Crippen LogP contribution in [0, 0.1) is 0 Å². The summed E-state index contributed by atoms with van der Waals surface area (Å²) < 4.78 is 39.2. The highest BCUT2D eigenvalue weighted by Gasteiger charge is 2.26. The summed E-state index contributed by atoms with van der Waals surface area (Å²) in [6, 6.07) is 14.2. The zero-order valence-electron chi connectivity index (χ0n) is 51.2. The summed E-state index contributed by atoms with van der Waals surface area (Å²) in [5.41, 5.74) is -2.16. The highest BCUT2D eigenvalue weighted by atomic mass is 16.6. The van der Waals surface area contributed by atoms with E-state index in [2.05, 4.69) is 5.32 Å². The Bertz CT molecular complexity index is 2430. The Morgan fingerprint density at radius 2 is 0.838 bits per heavy atom. The lowest BCUT2D eigenvalue weighted by Gasteiger charge is -2.28. The van der Waals surface area contributed by atoms with Crippen molar-refractivity contribution in [2.24, 2.45) is 0 Å². The second kappa shape index (κ2) is 33.5. The molecule has 0 aliphatic carbocycles. The molecule has 0 saturated heterocycles. The van der Waals surface area contributed by atoms with E-state index in [1.165, 1.54) is 13.2 Å². The Balaban J connectivity index is 1.42. The van der Waals surface area contributed by atoms with Crippen LogP contribution in [0.15, 0.2) is 57.7 Å². The first-order valence-corrected chi connectivity index (χ1v) is 29.0. The Hall–Kier alpha value is -6.20. The van der Waals surface area contributed by atoms with Crippen LogP contribution in [0.25, 0.3) is 11.0 Å². The van der Waals surface area contributed by atoms with Crippen molar-refractivity contribution >= 4 is 41.2 Å². The first kappa shape index (κ1) is 68.1. The highest BCUT2D eigenvalue weighted by Crippen LogP contribution is 2.24. The van der Waals surface area contributed by atoms with Gasteiger partial charge in [0.2, 0.25) is 0 Å². The quantitative estimate of drug-likeness (QED) is 0.0352. The van der Waals surface area contributed by atoms with Gasteiger partial charge < -0.3 is 57.8 Å². The van der Waals surface area contributed by atoms with Gasteiger partial charge in [-0.1, -0.05) is 69.6 Å². The minimum atomic E-state index is -0.751. The monoisotopic (exact) mass is 1120 g/mol. The maximum Gasteiger partial charge on any atom is 0.410 e. The SMILES string of the molecule is COc1ccc2cc(C(=O)NCCCN(CCCCCCN(CCCCCCCCN(CCCCCCN(Cc3ccccc3OC)C(=O)OC(C)(C)C)C(=O)OC(C)(C)C)C(=O)OC(C)(C)C)C(=O)OC(C)(C)C)c(=O)oc2c1. The molecule has 18 nitrogen and oxygen atoms in total. The fraction of sp³-hybridized carbons (Fsp3) is 0.677. The lowest BCUT2D eigenvalue weighted by atomic mass is 10.1. The lowest BCUT2D eigenvalue weighted by Crippen LogP contribution is -2.39. The Morgan fingerprint density at radius 1 is 0.463 bits per heavy atom. The summed E-state index contributed by atoms with van der Waals surface area (Å²) in [6.45, 7) is 26.6. The van der Waals surface area contributed by atoms with Gasteiger partial charge in [-0.15, -0.1) is 0 Å². The summed E-state index contributed by atoms with van der Waals surface area (Å²) in [5, 5.41) is 3.37. The Kier molecular flexibility index (Phi) is 28.5. The predicted octanol–water partition coefficient (Wildman–Crippen LogP) is 13.5. The van der Waals surface area contributed by atoms with Gasteiger partial charge in [-0.2, -0.15) is 0 Å². The fourth-order valence-corrected chi connectivity index (χ4v) is 8.64. The first-order valence-electron chi connectivity index (χ1n) is 29.0. The molecule has 2 aromatic carbocycles. The zero-order valence-corrected chi connectivity index (χ0v) is 51.2. The molecule has 80 heavy (non-hydrogen) atoms. The molecule has 1 heterocycles. The molecule has 0 aliphatic rings. The fourth-order valence-electron chi connectivity index (χ4n) is 8.64. The van der Waals surface area contributed by atoms with Gasteiger partial charge in [0.1, 0.15) is 45.0 Å². The molecule has 5 amide bonds.